The number of hydrogen-bond acceptors (Lipinski definition) is 6. The Morgan fingerprint density at radius 3 is 2.69 bits per heavy atom. The van der Waals surface area contributed by atoms with Gasteiger partial charge in [0.05, 0.1) is 19.9 Å². The first-order chi connectivity index (χ1) is 14.2. The van der Waals surface area contributed by atoms with Gasteiger partial charge < -0.3 is 20.1 Å². The Bertz CT molecular complexity index is 1100. The van der Waals surface area contributed by atoms with Gasteiger partial charge in [-0.1, -0.05) is 12.1 Å². The van der Waals surface area contributed by atoms with Crippen molar-refractivity contribution in [3.8, 4) is 17.2 Å². The zero-order chi connectivity index (χ0) is 19.8. The summed E-state index contributed by atoms with van der Waals surface area (Å²) in [5.41, 5.74) is 3.63. The van der Waals surface area contributed by atoms with Crippen molar-refractivity contribution in [2.75, 3.05) is 25.5 Å². The second-order valence-corrected chi connectivity index (χ2v) is 7.03. The SMILES string of the molecule is COc1ccc(Oc2cccc(C3C4=C(CNCC4=O)Nc4[nH]ncc43)c2)cc1. The molecule has 3 aromatic rings. The second-order valence-electron chi connectivity index (χ2n) is 7.03. The maximum atomic E-state index is 12.7. The monoisotopic (exact) mass is 388 g/mol. The van der Waals surface area contributed by atoms with Gasteiger partial charge in [0, 0.05) is 29.3 Å². The number of H-pyrrole nitrogens is 1. The minimum Gasteiger partial charge on any atom is -0.497 e. The number of rotatable bonds is 4. The van der Waals surface area contributed by atoms with Crippen LogP contribution in [0.25, 0.3) is 0 Å². The molecule has 2 aliphatic heterocycles. The number of aromatic amines is 1. The minimum atomic E-state index is -0.186. The van der Waals surface area contributed by atoms with Crippen LogP contribution in [0, 0.1) is 0 Å². The van der Waals surface area contributed by atoms with E-state index in [-0.39, 0.29) is 11.7 Å². The highest BCUT2D eigenvalue weighted by Crippen LogP contribution is 2.42. The molecule has 0 saturated heterocycles. The molecule has 29 heavy (non-hydrogen) atoms. The number of anilines is 1. The average Bonchev–Trinajstić information content (AvgIpc) is 3.21. The molecule has 0 fully saturated rings. The van der Waals surface area contributed by atoms with Gasteiger partial charge in [0.2, 0.25) is 0 Å². The molecule has 1 atom stereocenters. The lowest BCUT2D eigenvalue weighted by Gasteiger charge is -2.32. The highest BCUT2D eigenvalue weighted by Gasteiger charge is 2.36. The van der Waals surface area contributed by atoms with Crippen molar-refractivity contribution >= 4 is 11.6 Å². The van der Waals surface area contributed by atoms with Crippen molar-refractivity contribution in [2.24, 2.45) is 0 Å². The van der Waals surface area contributed by atoms with Crippen LogP contribution in [0.5, 0.6) is 17.2 Å². The van der Waals surface area contributed by atoms with E-state index in [4.69, 9.17) is 9.47 Å². The molecule has 0 spiro atoms. The number of hydrogen-bond donors (Lipinski definition) is 3. The summed E-state index contributed by atoms with van der Waals surface area (Å²) in [5.74, 6) is 2.94. The molecule has 5 rings (SSSR count). The van der Waals surface area contributed by atoms with Gasteiger partial charge in [-0.2, -0.15) is 5.10 Å². The average molecular weight is 388 g/mol. The van der Waals surface area contributed by atoms with E-state index in [1.807, 2.05) is 48.5 Å². The van der Waals surface area contributed by atoms with E-state index >= 15 is 0 Å². The number of benzene rings is 2. The molecule has 7 nitrogen and oxygen atoms in total. The first-order valence-electron chi connectivity index (χ1n) is 9.42. The number of fused-ring (bicyclic) bond motifs is 1. The molecule has 2 aromatic carbocycles. The van der Waals surface area contributed by atoms with Gasteiger partial charge in [0.15, 0.2) is 5.78 Å². The Morgan fingerprint density at radius 1 is 1.03 bits per heavy atom. The van der Waals surface area contributed by atoms with E-state index in [1.54, 1.807) is 13.3 Å². The number of ketones is 1. The lowest BCUT2D eigenvalue weighted by Crippen LogP contribution is -2.39. The summed E-state index contributed by atoms with van der Waals surface area (Å²) in [6.45, 7) is 0.963. The molecule has 2 aliphatic rings. The van der Waals surface area contributed by atoms with Crippen LogP contribution < -0.4 is 20.1 Å². The van der Waals surface area contributed by atoms with Gasteiger partial charge in [-0.3, -0.25) is 9.89 Å². The summed E-state index contributed by atoms with van der Waals surface area (Å²) in [4.78, 5) is 12.7. The maximum absolute atomic E-state index is 12.7. The Morgan fingerprint density at radius 2 is 1.86 bits per heavy atom. The third kappa shape index (κ3) is 3.15. The first kappa shape index (κ1) is 17.5. The molecule has 0 radical (unpaired) electrons. The molecule has 1 unspecified atom stereocenters. The number of Topliss-reactive ketones (excluding diaryl/α,β-unsaturated/α-hetero) is 1. The van der Waals surface area contributed by atoms with E-state index in [9.17, 15) is 4.79 Å². The number of methoxy groups -OCH3 is 1. The predicted octanol–water partition coefficient (Wildman–Crippen LogP) is 3.19. The van der Waals surface area contributed by atoms with Crippen LogP contribution in [0.1, 0.15) is 17.0 Å². The number of ether oxygens (including phenoxy) is 2. The Labute approximate surface area is 167 Å². The summed E-state index contributed by atoms with van der Waals surface area (Å²) in [7, 11) is 1.63. The van der Waals surface area contributed by atoms with Crippen LogP contribution in [-0.4, -0.2) is 36.2 Å². The summed E-state index contributed by atoms with van der Waals surface area (Å²) < 4.78 is 11.2. The van der Waals surface area contributed by atoms with Crippen LogP contribution >= 0.6 is 0 Å². The van der Waals surface area contributed by atoms with E-state index in [1.165, 1.54) is 0 Å². The molecule has 1 aromatic heterocycles. The molecule has 146 valence electrons. The van der Waals surface area contributed by atoms with Crippen LogP contribution in [0.4, 0.5) is 5.82 Å². The quantitative estimate of drug-likeness (QED) is 0.636. The van der Waals surface area contributed by atoms with E-state index in [0.29, 0.717) is 18.8 Å². The molecule has 3 N–H and O–H groups in total. The third-order valence-corrected chi connectivity index (χ3v) is 5.24. The van der Waals surface area contributed by atoms with Crippen LogP contribution in [-0.2, 0) is 4.79 Å². The lowest BCUT2D eigenvalue weighted by atomic mass is 9.79. The van der Waals surface area contributed by atoms with Crippen molar-refractivity contribution in [1.29, 1.82) is 0 Å². The van der Waals surface area contributed by atoms with Crippen molar-refractivity contribution < 1.29 is 14.3 Å². The summed E-state index contributed by atoms with van der Waals surface area (Å²) in [6.07, 6.45) is 1.78. The van der Waals surface area contributed by atoms with Crippen LogP contribution in [0.15, 0.2) is 66.0 Å². The van der Waals surface area contributed by atoms with Gasteiger partial charge in [-0.25, -0.2) is 0 Å². The van der Waals surface area contributed by atoms with E-state index in [0.717, 1.165) is 39.7 Å². The molecule has 3 heterocycles. The molecular weight excluding hydrogens is 368 g/mol. The minimum absolute atomic E-state index is 0.0945. The van der Waals surface area contributed by atoms with Crippen molar-refractivity contribution in [3.05, 3.63) is 77.1 Å². The van der Waals surface area contributed by atoms with E-state index in [2.05, 4.69) is 20.8 Å². The van der Waals surface area contributed by atoms with E-state index < -0.39 is 0 Å². The highest BCUT2D eigenvalue weighted by atomic mass is 16.5. The fraction of sp³-hybridized carbons (Fsp3) is 0.182. The Kier molecular flexibility index (Phi) is 4.29. The molecular formula is C22H20N4O3. The zero-order valence-corrected chi connectivity index (χ0v) is 15.9. The topological polar surface area (TPSA) is 88.3 Å². The number of nitrogens with one attached hydrogen (secondary N) is 3. The normalized spacial score (nSPS) is 18.0. The Hall–Kier alpha value is -3.58. The predicted molar refractivity (Wildman–Crippen MR) is 108 cm³/mol. The number of carbonyl (C=O) groups excluding carboxylic acids is 1. The smallest absolute Gasteiger partial charge is 0.175 e. The standard InChI is InChI=1S/C22H20N4O3/c1-28-14-5-7-15(8-6-14)29-16-4-2-3-13(9-16)20-17-10-24-26-22(17)25-18-11-23-12-19(27)21(18)20/h2-10,20,23H,11-12H2,1H3,(H2,24,25,26). The molecule has 0 amide bonds. The fourth-order valence-corrected chi connectivity index (χ4v) is 3.91. The summed E-state index contributed by atoms with van der Waals surface area (Å²) in [6, 6.07) is 15.3. The van der Waals surface area contributed by atoms with Crippen molar-refractivity contribution in [1.82, 2.24) is 15.5 Å². The fourth-order valence-electron chi connectivity index (χ4n) is 3.91. The molecule has 0 saturated carbocycles. The van der Waals surface area contributed by atoms with Crippen molar-refractivity contribution in [3.63, 3.8) is 0 Å². The van der Waals surface area contributed by atoms with Gasteiger partial charge in [0.1, 0.15) is 23.1 Å². The number of aromatic nitrogens is 2. The van der Waals surface area contributed by atoms with Crippen molar-refractivity contribution in [2.45, 2.75) is 5.92 Å². The highest BCUT2D eigenvalue weighted by molar-refractivity contribution is 6.02. The number of carbonyl (C=O) groups is 1. The van der Waals surface area contributed by atoms with Gasteiger partial charge in [-0.15, -0.1) is 0 Å². The van der Waals surface area contributed by atoms with Crippen LogP contribution in [0.3, 0.4) is 0 Å². The largest absolute Gasteiger partial charge is 0.497 e. The lowest BCUT2D eigenvalue weighted by molar-refractivity contribution is -0.115. The van der Waals surface area contributed by atoms with Gasteiger partial charge >= 0.3 is 0 Å². The summed E-state index contributed by atoms with van der Waals surface area (Å²) in [5, 5.41) is 13.6. The first-order valence-corrected chi connectivity index (χ1v) is 9.42. The summed E-state index contributed by atoms with van der Waals surface area (Å²) >= 11 is 0. The zero-order valence-electron chi connectivity index (χ0n) is 15.9. The number of nitrogens with zero attached hydrogens (tertiary/aromatic N) is 1. The molecule has 7 heteroatoms. The third-order valence-electron chi connectivity index (χ3n) is 5.24. The van der Waals surface area contributed by atoms with Gasteiger partial charge in [0.25, 0.3) is 0 Å². The van der Waals surface area contributed by atoms with Gasteiger partial charge in [-0.05, 0) is 42.0 Å². The second kappa shape index (κ2) is 7.10. The van der Waals surface area contributed by atoms with Crippen LogP contribution in [0.2, 0.25) is 0 Å². The Balaban J connectivity index is 1.52. The maximum Gasteiger partial charge on any atom is 0.175 e. The molecule has 0 bridgehead atoms. The molecule has 0 aliphatic carbocycles.